The molecule has 0 bridgehead atoms. The number of carbonyl (C=O) groups is 1. The first kappa shape index (κ1) is 17.2. The molecule has 0 saturated heterocycles. The van der Waals surface area contributed by atoms with Gasteiger partial charge in [-0.15, -0.1) is 10.2 Å². The number of hydrogen-bond acceptors (Lipinski definition) is 6. The molecule has 1 aromatic heterocycles. The van der Waals surface area contributed by atoms with Crippen LogP contribution in [0.2, 0.25) is 0 Å². The number of nitrogens with one attached hydrogen (secondary N) is 1. The van der Waals surface area contributed by atoms with E-state index in [0.29, 0.717) is 23.1 Å². The molecule has 0 spiro atoms. The normalized spacial score (nSPS) is 11.8. The topological polar surface area (TPSA) is 73.3 Å². The van der Waals surface area contributed by atoms with Crippen LogP contribution in [0.3, 0.4) is 0 Å². The van der Waals surface area contributed by atoms with Gasteiger partial charge in [-0.2, -0.15) is 0 Å². The van der Waals surface area contributed by atoms with Crippen molar-refractivity contribution in [2.24, 2.45) is 5.92 Å². The Hall–Kier alpha value is -2.15. The number of benzene rings is 1. The number of hydrogen-bond donors (Lipinski definition) is 1. The van der Waals surface area contributed by atoms with Crippen molar-refractivity contribution in [2.45, 2.75) is 26.7 Å². The zero-order chi connectivity index (χ0) is 16.8. The second-order valence-corrected chi connectivity index (χ2v) is 6.23. The molecule has 0 aliphatic carbocycles. The molecule has 0 aliphatic heterocycles. The molecule has 1 amide bonds. The molecule has 6 nitrogen and oxygen atoms in total. The van der Waals surface area contributed by atoms with Gasteiger partial charge in [0.1, 0.15) is 5.01 Å². The molecule has 2 aromatic rings. The number of rotatable bonds is 7. The van der Waals surface area contributed by atoms with Crippen LogP contribution in [0.25, 0.3) is 0 Å². The van der Waals surface area contributed by atoms with E-state index < -0.39 is 0 Å². The van der Waals surface area contributed by atoms with E-state index in [2.05, 4.69) is 15.5 Å². The summed E-state index contributed by atoms with van der Waals surface area (Å²) >= 11 is 1.38. The molecule has 7 heteroatoms. The molecule has 1 aromatic carbocycles. The maximum Gasteiger partial charge on any atom is 0.229 e. The van der Waals surface area contributed by atoms with Crippen LogP contribution < -0.4 is 14.8 Å². The Morgan fingerprint density at radius 1 is 1.26 bits per heavy atom. The van der Waals surface area contributed by atoms with E-state index >= 15 is 0 Å². The molecule has 1 N–H and O–H groups in total. The molecule has 23 heavy (non-hydrogen) atoms. The molecule has 0 fully saturated rings. The highest BCUT2D eigenvalue weighted by Gasteiger charge is 2.14. The standard InChI is InChI=1S/C16H21N3O3S/c1-5-10(2)15(20)17-16-19-18-14(23-16)9-11-6-7-12(21-3)13(8-11)22-4/h6-8,10H,5,9H2,1-4H3,(H,17,19,20). The minimum Gasteiger partial charge on any atom is -0.493 e. The van der Waals surface area contributed by atoms with Crippen molar-refractivity contribution < 1.29 is 14.3 Å². The van der Waals surface area contributed by atoms with E-state index in [-0.39, 0.29) is 11.8 Å². The Morgan fingerprint density at radius 2 is 2.00 bits per heavy atom. The number of carbonyl (C=O) groups excluding carboxylic acids is 1. The van der Waals surface area contributed by atoms with Crippen LogP contribution in [0.1, 0.15) is 30.8 Å². The number of methoxy groups -OCH3 is 2. The van der Waals surface area contributed by atoms with Gasteiger partial charge in [-0.3, -0.25) is 4.79 Å². The van der Waals surface area contributed by atoms with Crippen LogP contribution in [0, 0.1) is 5.92 Å². The first-order valence-electron chi connectivity index (χ1n) is 7.41. The number of ether oxygens (including phenoxy) is 2. The second-order valence-electron chi connectivity index (χ2n) is 5.17. The lowest BCUT2D eigenvalue weighted by molar-refractivity contribution is -0.119. The van der Waals surface area contributed by atoms with Crippen LogP contribution >= 0.6 is 11.3 Å². The van der Waals surface area contributed by atoms with Crippen LogP contribution in [-0.2, 0) is 11.2 Å². The molecule has 0 radical (unpaired) electrons. The monoisotopic (exact) mass is 335 g/mol. The van der Waals surface area contributed by atoms with Gasteiger partial charge in [0.05, 0.1) is 14.2 Å². The van der Waals surface area contributed by atoms with E-state index in [4.69, 9.17) is 9.47 Å². The SMILES string of the molecule is CCC(C)C(=O)Nc1nnc(Cc2ccc(OC)c(OC)c2)s1. The van der Waals surface area contributed by atoms with E-state index in [1.165, 1.54) is 11.3 Å². The van der Waals surface area contributed by atoms with Crippen molar-refractivity contribution in [3.63, 3.8) is 0 Å². The first-order valence-corrected chi connectivity index (χ1v) is 8.23. The lowest BCUT2D eigenvalue weighted by atomic mass is 10.1. The van der Waals surface area contributed by atoms with Crippen molar-refractivity contribution >= 4 is 22.4 Å². The zero-order valence-corrected chi connectivity index (χ0v) is 14.6. The average molecular weight is 335 g/mol. The van der Waals surface area contributed by atoms with Gasteiger partial charge in [0.25, 0.3) is 0 Å². The van der Waals surface area contributed by atoms with Gasteiger partial charge in [0.15, 0.2) is 11.5 Å². The molecular weight excluding hydrogens is 314 g/mol. The maximum absolute atomic E-state index is 11.9. The first-order chi connectivity index (χ1) is 11.1. The summed E-state index contributed by atoms with van der Waals surface area (Å²) in [6.07, 6.45) is 1.42. The molecule has 1 atom stereocenters. The van der Waals surface area contributed by atoms with Crippen LogP contribution in [0.5, 0.6) is 11.5 Å². The van der Waals surface area contributed by atoms with Crippen molar-refractivity contribution in [1.29, 1.82) is 0 Å². The highest BCUT2D eigenvalue weighted by atomic mass is 32.1. The van der Waals surface area contributed by atoms with Gasteiger partial charge in [-0.1, -0.05) is 31.3 Å². The fourth-order valence-electron chi connectivity index (χ4n) is 1.95. The summed E-state index contributed by atoms with van der Waals surface area (Å²) in [7, 11) is 3.21. The van der Waals surface area contributed by atoms with E-state index in [0.717, 1.165) is 17.0 Å². The lowest BCUT2D eigenvalue weighted by Crippen LogP contribution is -2.19. The Labute approximate surface area is 139 Å². The molecule has 2 rings (SSSR count). The third-order valence-corrected chi connectivity index (χ3v) is 4.40. The Bertz CT molecular complexity index is 672. The Kier molecular flexibility index (Phi) is 5.92. The number of amides is 1. The van der Waals surface area contributed by atoms with Gasteiger partial charge >= 0.3 is 0 Å². The third kappa shape index (κ3) is 4.41. The summed E-state index contributed by atoms with van der Waals surface area (Å²) in [6, 6.07) is 5.73. The highest BCUT2D eigenvalue weighted by Crippen LogP contribution is 2.29. The number of anilines is 1. The van der Waals surface area contributed by atoms with E-state index in [1.807, 2.05) is 32.0 Å². The van der Waals surface area contributed by atoms with Crippen LogP contribution in [0.4, 0.5) is 5.13 Å². The van der Waals surface area contributed by atoms with Gasteiger partial charge < -0.3 is 14.8 Å². The highest BCUT2D eigenvalue weighted by molar-refractivity contribution is 7.15. The fourth-order valence-corrected chi connectivity index (χ4v) is 2.73. The summed E-state index contributed by atoms with van der Waals surface area (Å²) in [6.45, 7) is 3.87. The summed E-state index contributed by atoms with van der Waals surface area (Å²) in [5.41, 5.74) is 1.04. The van der Waals surface area contributed by atoms with Gasteiger partial charge in [0, 0.05) is 12.3 Å². The maximum atomic E-state index is 11.9. The second kappa shape index (κ2) is 7.92. The third-order valence-electron chi connectivity index (χ3n) is 3.56. The average Bonchev–Trinajstić information content (AvgIpc) is 3.00. The fraction of sp³-hybridized carbons (Fsp3) is 0.438. The quantitative estimate of drug-likeness (QED) is 0.841. The Morgan fingerprint density at radius 3 is 2.65 bits per heavy atom. The lowest BCUT2D eigenvalue weighted by Gasteiger charge is -2.08. The summed E-state index contributed by atoms with van der Waals surface area (Å²) in [4.78, 5) is 11.9. The molecule has 1 heterocycles. The smallest absolute Gasteiger partial charge is 0.229 e. The van der Waals surface area contributed by atoms with Crippen LogP contribution in [0.15, 0.2) is 18.2 Å². The van der Waals surface area contributed by atoms with E-state index in [9.17, 15) is 4.79 Å². The van der Waals surface area contributed by atoms with E-state index in [1.54, 1.807) is 14.2 Å². The number of aromatic nitrogens is 2. The van der Waals surface area contributed by atoms with Gasteiger partial charge in [0.2, 0.25) is 11.0 Å². The minimum atomic E-state index is -0.0341. The largest absolute Gasteiger partial charge is 0.493 e. The van der Waals surface area contributed by atoms with Crippen molar-refractivity contribution in [1.82, 2.24) is 10.2 Å². The summed E-state index contributed by atoms with van der Waals surface area (Å²) in [5, 5.41) is 12.3. The van der Waals surface area contributed by atoms with Gasteiger partial charge in [-0.25, -0.2) is 0 Å². The predicted molar refractivity (Wildman–Crippen MR) is 90.3 cm³/mol. The summed E-state index contributed by atoms with van der Waals surface area (Å²) in [5.74, 6) is 1.31. The van der Waals surface area contributed by atoms with Crippen molar-refractivity contribution in [2.75, 3.05) is 19.5 Å². The minimum absolute atomic E-state index is 0.0266. The zero-order valence-electron chi connectivity index (χ0n) is 13.8. The molecule has 0 saturated carbocycles. The number of nitrogens with zero attached hydrogens (tertiary/aromatic N) is 2. The van der Waals surface area contributed by atoms with Crippen molar-refractivity contribution in [3.8, 4) is 11.5 Å². The van der Waals surface area contributed by atoms with Crippen LogP contribution in [-0.4, -0.2) is 30.3 Å². The molecular formula is C16H21N3O3S. The summed E-state index contributed by atoms with van der Waals surface area (Å²) < 4.78 is 10.5. The van der Waals surface area contributed by atoms with Crippen molar-refractivity contribution in [3.05, 3.63) is 28.8 Å². The predicted octanol–water partition coefficient (Wildman–Crippen LogP) is 3.13. The molecule has 124 valence electrons. The molecule has 0 aliphatic rings. The molecule has 1 unspecified atom stereocenters. The van der Waals surface area contributed by atoms with Gasteiger partial charge in [-0.05, 0) is 24.1 Å². The Balaban J connectivity index is 2.06.